The normalized spacial score (nSPS) is 24.8. The zero-order chi connectivity index (χ0) is 12.2. The van der Waals surface area contributed by atoms with Gasteiger partial charge in [0.05, 0.1) is 5.41 Å². The van der Waals surface area contributed by atoms with Crippen LogP contribution in [0.4, 0.5) is 0 Å². The molecule has 1 heterocycles. The molecule has 1 fully saturated rings. The monoisotopic (exact) mass is 227 g/mol. The lowest BCUT2D eigenvalue weighted by Crippen LogP contribution is -2.38. The molecule has 5 heteroatoms. The molecule has 1 aliphatic heterocycles. The quantitative estimate of drug-likeness (QED) is 0.634. The summed E-state index contributed by atoms with van der Waals surface area (Å²) in [6, 6.07) is 0. The number of hydrogen-bond donors (Lipinski definition) is 2. The molecule has 0 saturated carbocycles. The van der Waals surface area contributed by atoms with Gasteiger partial charge in [0.1, 0.15) is 0 Å². The first-order valence-electron chi connectivity index (χ1n) is 5.72. The lowest BCUT2D eigenvalue weighted by molar-refractivity contribution is -0.131. The van der Waals surface area contributed by atoms with E-state index in [2.05, 4.69) is 5.32 Å². The molecule has 0 aromatic heterocycles. The van der Waals surface area contributed by atoms with E-state index in [0.717, 1.165) is 13.0 Å². The van der Waals surface area contributed by atoms with Crippen molar-refractivity contribution in [2.24, 2.45) is 11.1 Å². The molecule has 0 aromatic carbocycles. The topological polar surface area (TPSA) is 75.4 Å². The van der Waals surface area contributed by atoms with Crippen LogP contribution in [0, 0.1) is 5.41 Å². The Balaban J connectivity index is 2.41. The SMILES string of the molecule is CNCCCC(=O)N1CCC(C)(C(N)=O)C1. The Bertz CT molecular complexity index is 280. The minimum Gasteiger partial charge on any atom is -0.369 e. The van der Waals surface area contributed by atoms with Crippen molar-refractivity contribution in [1.29, 1.82) is 0 Å². The molecule has 5 nitrogen and oxygen atoms in total. The first-order chi connectivity index (χ1) is 7.49. The van der Waals surface area contributed by atoms with Gasteiger partial charge in [-0.3, -0.25) is 9.59 Å². The Hall–Kier alpha value is -1.10. The number of hydrogen-bond acceptors (Lipinski definition) is 3. The van der Waals surface area contributed by atoms with Gasteiger partial charge in [0.15, 0.2) is 0 Å². The van der Waals surface area contributed by atoms with Crippen LogP contribution in [0.3, 0.4) is 0 Å². The van der Waals surface area contributed by atoms with E-state index in [1.165, 1.54) is 0 Å². The van der Waals surface area contributed by atoms with Crippen molar-refractivity contribution in [2.75, 3.05) is 26.7 Å². The zero-order valence-corrected chi connectivity index (χ0v) is 10.1. The maximum atomic E-state index is 11.8. The first-order valence-corrected chi connectivity index (χ1v) is 5.72. The van der Waals surface area contributed by atoms with E-state index < -0.39 is 5.41 Å². The molecular weight excluding hydrogens is 206 g/mol. The predicted molar refractivity (Wildman–Crippen MR) is 61.7 cm³/mol. The summed E-state index contributed by atoms with van der Waals surface area (Å²) in [5, 5.41) is 3.00. The smallest absolute Gasteiger partial charge is 0.225 e. The summed E-state index contributed by atoms with van der Waals surface area (Å²) in [6.45, 7) is 3.79. The van der Waals surface area contributed by atoms with Crippen molar-refractivity contribution in [3.63, 3.8) is 0 Å². The van der Waals surface area contributed by atoms with E-state index in [0.29, 0.717) is 25.9 Å². The Kier molecular flexibility index (Phi) is 4.29. The molecule has 1 aliphatic rings. The molecule has 16 heavy (non-hydrogen) atoms. The molecule has 0 aliphatic carbocycles. The highest BCUT2D eigenvalue weighted by Crippen LogP contribution is 2.29. The maximum Gasteiger partial charge on any atom is 0.225 e. The summed E-state index contributed by atoms with van der Waals surface area (Å²) in [5.74, 6) is -0.182. The molecule has 0 radical (unpaired) electrons. The van der Waals surface area contributed by atoms with E-state index in [-0.39, 0.29) is 11.8 Å². The van der Waals surface area contributed by atoms with Gasteiger partial charge in [-0.05, 0) is 33.4 Å². The molecule has 0 aromatic rings. The Morgan fingerprint density at radius 2 is 2.19 bits per heavy atom. The van der Waals surface area contributed by atoms with Crippen LogP contribution in [0.1, 0.15) is 26.2 Å². The minimum atomic E-state index is -0.529. The summed E-state index contributed by atoms with van der Waals surface area (Å²) in [4.78, 5) is 24.8. The fourth-order valence-electron chi connectivity index (χ4n) is 1.95. The second-order valence-electron chi connectivity index (χ2n) is 4.70. The van der Waals surface area contributed by atoms with E-state index in [9.17, 15) is 9.59 Å². The lowest BCUT2D eigenvalue weighted by Gasteiger charge is -2.21. The number of nitrogens with one attached hydrogen (secondary N) is 1. The van der Waals surface area contributed by atoms with Crippen molar-refractivity contribution in [1.82, 2.24) is 10.2 Å². The standard InChI is InChI=1S/C11H21N3O2/c1-11(10(12)16)5-7-14(8-11)9(15)4-3-6-13-2/h13H,3-8H2,1-2H3,(H2,12,16). The van der Waals surface area contributed by atoms with Crippen LogP contribution in [-0.2, 0) is 9.59 Å². The molecule has 1 unspecified atom stereocenters. The van der Waals surface area contributed by atoms with Crippen LogP contribution in [0.15, 0.2) is 0 Å². The van der Waals surface area contributed by atoms with Crippen molar-refractivity contribution >= 4 is 11.8 Å². The Morgan fingerprint density at radius 3 is 2.69 bits per heavy atom. The average molecular weight is 227 g/mol. The highest BCUT2D eigenvalue weighted by molar-refractivity contribution is 5.83. The third kappa shape index (κ3) is 2.95. The van der Waals surface area contributed by atoms with Gasteiger partial charge in [0.2, 0.25) is 11.8 Å². The molecule has 1 saturated heterocycles. The van der Waals surface area contributed by atoms with E-state index in [1.54, 1.807) is 4.90 Å². The number of likely N-dealkylation sites (tertiary alicyclic amines) is 1. The summed E-state index contributed by atoms with van der Waals surface area (Å²) >= 11 is 0. The highest BCUT2D eigenvalue weighted by atomic mass is 16.2. The third-order valence-corrected chi connectivity index (χ3v) is 3.24. The Morgan fingerprint density at radius 1 is 1.50 bits per heavy atom. The van der Waals surface area contributed by atoms with Gasteiger partial charge in [0.25, 0.3) is 0 Å². The summed E-state index contributed by atoms with van der Waals surface area (Å²) in [7, 11) is 1.87. The van der Waals surface area contributed by atoms with Crippen molar-refractivity contribution in [2.45, 2.75) is 26.2 Å². The highest BCUT2D eigenvalue weighted by Gasteiger charge is 2.40. The second-order valence-corrected chi connectivity index (χ2v) is 4.70. The molecule has 0 bridgehead atoms. The largest absolute Gasteiger partial charge is 0.369 e. The second kappa shape index (κ2) is 5.30. The fraction of sp³-hybridized carbons (Fsp3) is 0.818. The molecule has 1 rings (SSSR count). The van der Waals surface area contributed by atoms with Gasteiger partial charge in [0, 0.05) is 19.5 Å². The number of primary amides is 1. The van der Waals surface area contributed by atoms with Crippen LogP contribution in [0.2, 0.25) is 0 Å². The number of carbonyl (C=O) groups is 2. The van der Waals surface area contributed by atoms with Crippen LogP contribution in [0.25, 0.3) is 0 Å². The first kappa shape index (κ1) is 13.0. The van der Waals surface area contributed by atoms with Gasteiger partial charge in [-0.25, -0.2) is 0 Å². The predicted octanol–water partition coefficient (Wildman–Crippen LogP) is -0.290. The van der Waals surface area contributed by atoms with E-state index in [4.69, 9.17) is 5.73 Å². The number of nitrogens with two attached hydrogens (primary N) is 1. The Labute approximate surface area is 96.4 Å². The number of nitrogens with zero attached hydrogens (tertiary/aromatic N) is 1. The number of amides is 2. The van der Waals surface area contributed by atoms with E-state index >= 15 is 0 Å². The lowest BCUT2D eigenvalue weighted by atomic mass is 9.89. The molecule has 1 atom stereocenters. The minimum absolute atomic E-state index is 0.125. The molecular formula is C11H21N3O2. The van der Waals surface area contributed by atoms with Gasteiger partial charge in [-0.15, -0.1) is 0 Å². The number of rotatable bonds is 5. The molecule has 3 N–H and O–H groups in total. The van der Waals surface area contributed by atoms with Crippen molar-refractivity contribution in [3.05, 3.63) is 0 Å². The van der Waals surface area contributed by atoms with E-state index in [1.807, 2.05) is 14.0 Å². The van der Waals surface area contributed by atoms with Gasteiger partial charge >= 0.3 is 0 Å². The van der Waals surface area contributed by atoms with Crippen LogP contribution in [-0.4, -0.2) is 43.4 Å². The van der Waals surface area contributed by atoms with Crippen LogP contribution < -0.4 is 11.1 Å². The maximum absolute atomic E-state index is 11.8. The van der Waals surface area contributed by atoms with Crippen LogP contribution >= 0.6 is 0 Å². The summed E-state index contributed by atoms with van der Waals surface area (Å²) in [6.07, 6.45) is 2.05. The van der Waals surface area contributed by atoms with Gasteiger partial charge in [-0.2, -0.15) is 0 Å². The number of carbonyl (C=O) groups excluding carboxylic acids is 2. The third-order valence-electron chi connectivity index (χ3n) is 3.24. The molecule has 92 valence electrons. The van der Waals surface area contributed by atoms with Crippen molar-refractivity contribution in [3.8, 4) is 0 Å². The van der Waals surface area contributed by atoms with Gasteiger partial charge in [-0.1, -0.05) is 0 Å². The average Bonchev–Trinajstić information content (AvgIpc) is 2.63. The van der Waals surface area contributed by atoms with Gasteiger partial charge < -0.3 is 16.0 Å². The molecule has 0 spiro atoms. The molecule has 2 amide bonds. The summed E-state index contributed by atoms with van der Waals surface area (Å²) in [5.41, 5.74) is 4.80. The zero-order valence-electron chi connectivity index (χ0n) is 10.1. The fourth-order valence-corrected chi connectivity index (χ4v) is 1.95. The van der Waals surface area contributed by atoms with Crippen molar-refractivity contribution < 1.29 is 9.59 Å². The summed E-state index contributed by atoms with van der Waals surface area (Å²) < 4.78 is 0. The van der Waals surface area contributed by atoms with Crippen LogP contribution in [0.5, 0.6) is 0 Å².